The number of carbonyl (C=O) groups excluding carboxylic acids is 1. The van der Waals surface area contributed by atoms with Gasteiger partial charge in [-0.25, -0.2) is 0 Å². The minimum atomic E-state index is 0.110. The van der Waals surface area contributed by atoms with Crippen molar-refractivity contribution in [3.8, 4) is 0 Å². The number of carbonyl (C=O) groups is 1. The van der Waals surface area contributed by atoms with Gasteiger partial charge in [-0.3, -0.25) is 9.69 Å². The molecule has 1 amide bonds. The number of nitrogens with zero attached hydrogens (tertiary/aromatic N) is 3. The van der Waals surface area contributed by atoms with Crippen LogP contribution in [-0.4, -0.2) is 47.0 Å². The molecule has 3 heterocycles. The van der Waals surface area contributed by atoms with E-state index in [0.29, 0.717) is 0 Å². The number of hydrogen-bond donors (Lipinski definition) is 0. The molecule has 0 aliphatic carbocycles. The minimum Gasteiger partial charge on any atom is -0.361 e. The van der Waals surface area contributed by atoms with Crippen molar-refractivity contribution in [1.29, 1.82) is 0 Å². The topological polar surface area (TPSA) is 49.6 Å². The maximum absolute atomic E-state index is 12.5. The fraction of sp³-hybridized carbons (Fsp3) is 0.467. The molecule has 1 saturated heterocycles. The van der Waals surface area contributed by atoms with Crippen molar-refractivity contribution in [2.45, 2.75) is 20.4 Å². The number of piperazine rings is 1. The van der Waals surface area contributed by atoms with Crippen molar-refractivity contribution in [2.75, 3.05) is 26.2 Å². The average molecular weight is 463 g/mol. The summed E-state index contributed by atoms with van der Waals surface area (Å²) in [5.41, 5.74) is 2.12. The van der Waals surface area contributed by atoms with E-state index in [-0.39, 0.29) is 5.91 Å². The highest BCUT2D eigenvalue weighted by molar-refractivity contribution is 9.13. The Balaban J connectivity index is 1.59. The third-order valence-corrected chi connectivity index (χ3v) is 7.32. The molecule has 0 unspecified atom stereocenters. The molecule has 8 heteroatoms. The van der Waals surface area contributed by atoms with Crippen LogP contribution in [0.2, 0.25) is 0 Å². The van der Waals surface area contributed by atoms with Crippen molar-refractivity contribution in [3.63, 3.8) is 0 Å². The number of halogens is 2. The first kappa shape index (κ1) is 17.1. The van der Waals surface area contributed by atoms with Crippen LogP contribution in [0.25, 0.3) is 0 Å². The normalized spacial score (nSPS) is 16.1. The van der Waals surface area contributed by atoms with E-state index in [1.54, 1.807) is 0 Å². The van der Waals surface area contributed by atoms with Gasteiger partial charge in [0.25, 0.3) is 5.91 Å². The Morgan fingerprint density at radius 3 is 2.52 bits per heavy atom. The molecular formula is C15H17Br2N3O2S. The summed E-state index contributed by atoms with van der Waals surface area (Å²) in [6.07, 6.45) is 0. The SMILES string of the molecule is Cc1noc(C)c1CN1CCN(C(=O)c2cc(Br)c(Br)s2)CC1. The molecule has 3 rings (SSSR count). The van der Waals surface area contributed by atoms with E-state index in [4.69, 9.17) is 4.52 Å². The van der Waals surface area contributed by atoms with Crippen molar-refractivity contribution in [2.24, 2.45) is 0 Å². The van der Waals surface area contributed by atoms with E-state index in [1.807, 2.05) is 24.8 Å². The molecule has 1 aliphatic heterocycles. The summed E-state index contributed by atoms with van der Waals surface area (Å²) >= 11 is 8.35. The molecule has 0 aromatic carbocycles. The second-order valence-electron chi connectivity index (χ2n) is 5.60. The lowest BCUT2D eigenvalue weighted by Crippen LogP contribution is -2.48. The van der Waals surface area contributed by atoms with Gasteiger partial charge in [-0.15, -0.1) is 11.3 Å². The molecule has 5 nitrogen and oxygen atoms in total. The lowest BCUT2D eigenvalue weighted by atomic mass is 10.2. The molecule has 2 aromatic heterocycles. The highest BCUT2D eigenvalue weighted by atomic mass is 79.9. The van der Waals surface area contributed by atoms with E-state index >= 15 is 0 Å². The van der Waals surface area contributed by atoms with Crippen LogP contribution in [0.5, 0.6) is 0 Å². The first-order chi connectivity index (χ1) is 11.0. The molecule has 124 valence electrons. The molecule has 2 aromatic rings. The highest BCUT2D eigenvalue weighted by Crippen LogP contribution is 2.33. The number of thiophene rings is 1. The zero-order chi connectivity index (χ0) is 16.6. The quantitative estimate of drug-likeness (QED) is 0.695. The number of rotatable bonds is 3. The van der Waals surface area contributed by atoms with Crippen molar-refractivity contribution < 1.29 is 9.32 Å². The van der Waals surface area contributed by atoms with Gasteiger partial charge < -0.3 is 9.42 Å². The molecule has 0 atom stereocenters. The Morgan fingerprint density at radius 1 is 1.30 bits per heavy atom. The summed E-state index contributed by atoms with van der Waals surface area (Å²) in [6, 6.07) is 1.88. The maximum Gasteiger partial charge on any atom is 0.264 e. The van der Waals surface area contributed by atoms with Gasteiger partial charge in [0.05, 0.1) is 14.4 Å². The Hall–Kier alpha value is -0.700. The molecular weight excluding hydrogens is 446 g/mol. The third kappa shape index (κ3) is 3.70. The summed E-state index contributed by atoms with van der Waals surface area (Å²) in [4.78, 5) is 17.6. The Morgan fingerprint density at radius 2 is 2.00 bits per heavy atom. The molecule has 1 fully saturated rings. The smallest absolute Gasteiger partial charge is 0.264 e. The fourth-order valence-corrected chi connectivity index (χ4v) is 4.67. The Labute approximate surface area is 155 Å². The maximum atomic E-state index is 12.5. The molecule has 0 radical (unpaired) electrons. The average Bonchev–Trinajstić information content (AvgIpc) is 3.04. The summed E-state index contributed by atoms with van der Waals surface area (Å²) in [5.74, 6) is 0.993. The monoisotopic (exact) mass is 461 g/mol. The fourth-order valence-electron chi connectivity index (χ4n) is 2.67. The lowest BCUT2D eigenvalue weighted by Gasteiger charge is -2.34. The van der Waals surface area contributed by atoms with Crippen molar-refractivity contribution in [1.82, 2.24) is 15.0 Å². The molecule has 0 N–H and O–H groups in total. The van der Waals surface area contributed by atoms with E-state index < -0.39 is 0 Å². The molecule has 0 spiro atoms. The summed E-state index contributed by atoms with van der Waals surface area (Å²) in [7, 11) is 0. The van der Waals surface area contributed by atoms with Gasteiger partial charge in [0.1, 0.15) is 5.76 Å². The minimum absolute atomic E-state index is 0.110. The van der Waals surface area contributed by atoms with E-state index in [9.17, 15) is 4.79 Å². The zero-order valence-electron chi connectivity index (χ0n) is 12.9. The van der Waals surface area contributed by atoms with Crippen LogP contribution in [0, 0.1) is 13.8 Å². The number of hydrogen-bond acceptors (Lipinski definition) is 5. The summed E-state index contributed by atoms with van der Waals surface area (Å²) < 4.78 is 7.11. The van der Waals surface area contributed by atoms with E-state index in [2.05, 4.69) is 41.9 Å². The van der Waals surface area contributed by atoms with Crippen molar-refractivity contribution >= 4 is 49.1 Å². The molecule has 1 aliphatic rings. The van der Waals surface area contributed by atoms with E-state index in [1.165, 1.54) is 11.3 Å². The van der Waals surface area contributed by atoms with E-state index in [0.717, 1.165) is 62.9 Å². The van der Waals surface area contributed by atoms with Gasteiger partial charge in [-0.2, -0.15) is 0 Å². The molecule has 23 heavy (non-hydrogen) atoms. The number of aryl methyl sites for hydroxylation is 2. The molecule has 0 bridgehead atoms. The van der Waals surface area contributed by atoms with Gasteiger partial charge in [0.2, 0.25) is 0 Å². The third-order valence-electron chi connectivity index (χ3n) is 4.08. The van der Waals surface area contributed by atoms with Crippen LogP contribution in [0.15, 0.2) is 18.8 Å². The highest BCUT2D eigenvalue weighted by Gasteiger charge is 2.25. The second-order valence-corrected chi connectivity index (χ2v) is 8.83. The zero-order valence-corrected chi connectivity index (χ0v) is 16.9. The summed E-state index contributed by atoms with van der Waals surface area (Å²) in [5, 5.41) is 4.00. The van der Waals surface area contributed by atoms with Crippen molar-refractivity contribution in [3.05, 3.63) is 36.2 Å². The van der Waals surface area contributed by atoms with Gasteiger partial charge in [0, 0.05) is 42.8 Å². The Kier molecular flexibility index (Phi) is 5.25. The van der Waals surface area contributed by atoms with Gasteiger partial charge in [-0.05, 0) is 51.8 Å². The first-order valence-corrected chi connectivity index (χ1v) is 9.74. The summed E-state index contributed by atoms with van der Waals surface area (Å²) in [6.45, 7) is 7.97. The lowest BCUT2D eigenvalue weighted by molar-refractivity contribution is 0.0632. The standard InChI is InChI=1S/C15H17Br2N3O2S/c1-9-11(10(2)22-18-9)8-19-3-5-20(6-4-19)15(21)13-7-12(16)14(17)23-13/h7H,3-6,8H2,1-2H3. The largest absolute Gasteiger partial charge is 0.361 e. The van der Waals surface area contributed by atoms with Gasteiger partial charge >= 0.3 is 0 Å². The predicted molar refractivity (Wildman–Crippen MR) is 96.9 cm³/mol. The van der Waals surface area contributed by atoms with Crippen LogP contribution in [-0.2, 0) is 6.54 Å². The first-order valence-electron chi connectivity index (χ1n) is 7.34. The second kappa shape index (κ2) is 7.04. The predicted octanol–water partition coefficient (Wildman–Crippen LogP) is 3.84. The van der Waals surface area contributed by atoms with Crippen LogP contribution in [0.1, 0.15) is 26.7 Å². The Bertz CT molecular complexity index is 681. The van der Waals surface area contributed by atoms with Gasteiger partial charge in [-0.1, -0.05) is 5.16 Å². The number of amides is 1. The van der Waals surface area contributed by atoms with Crippen LogP contribution in [0.3, 0.4) is 0 Å². The number of aromatic nitrogens is 1. The molecule has 0 saturated carbocycles. The van der Waals surface area contributed by atoms with Crippen LogP contribution < -0.4 is 0 Å². The van der Waals surface area contributed by atoms with Gasteiger partial charge in [0.15, 0.2) is 0 Å². The van der Waals surface area contributed by atoms with Crippen LogP contribution >= 0.6 is 43.2 Å². The van der Waals surface area contributed by atoms with Crippen LogP contribution in [0.4, 0.5) is 0 Å².